The first kappa shape index (κ1) is 21.6. The molecule has 31 heavy (non-hydrogen) atoms. The van der Waals surface area contributed by atoms with E-state index in [0.29, 0.717) is 29.4 Å². The summed E-state index contributed by atoms with van der Waals surface area (Å²) in [5.41, 5.74) is 3.00. The molecule has 0 aliphatic heterocycles. The second-order valence-electron chi connectivity index (χ2n) is 6.65. The first-order valence-electron chi connectivity index (χ1n) is 9.30. The number of rotatable bonds is 8. The number of hydrogen-bond acceptors (Lipinski definition) is 7. The van der Waals surface area contributed by atoms with Gasteiger partial charge in [0.05, 0.1) is 43.9 Å². The summed E-state index contributed by atoms with van der Waals surface area (Å²) in [4.78, 5) is 22.3. The predicted octanol–water partition coefficient (Wildman–Crippen LogP) is 3.72. The average Bonchev–Trinajstić information content (AvgIpc) is 3.33. The van der Waals surface area contributed by atoms with Gasteiger partial charge in [-0.15, -0.1) is 0 Å². The normalized spacial score (nSPS) is 11.0. The third kappa shape index (κ3) is 4.92. The number of nitrogens with zero attached hydrogens (tertiary/aromatic N) is 3. The van der Waals surface area contributed by atoms with Crippen LogP contribution in [0.25, 0.3) is 6.08 Å². The van der Waals surface area contributed by atoms with E-state index in [-0.39, 0.29) is 11.6 Å². The van der Waals surface area contributed by atoms with Gasteiger partial charge in [0.25, 0.3) is 0 Å². The Labute approximate surface area is 178 Å². The molecule has 2 aromatic heterocycles. The molecule has 0 radical (unpaired) electrons. The molecule has 3 aromatic rings. The van der Waals surface area contributed by atoms with Crippen LogP contribution >= 0.6 is 0 Å². The molecular weight excluding hydrogens is 404 g/mol. The Bertz CT molecular complexity index is 1140. The molecule has 0 bridgehead atoms. The van der Waals surface area contributed by atoms with Gasteiger partial charge in [-0.05, 0) is 43.7 Å². The molecule has 0 aliphatic rings. The van der Waals surface area contributed by atoms with Crippen LogP contribution in [0.15, 0.2) is 40.8 Å². The lowest BCUT2D eigenvalue weighted by Gasteiger charge is -2.10. The van der Waals surface area contributed by atoms with Crippen LogP contribution in [-0.4, -0.2) is 34.8 Å². The molecule has 2 heterocycles. The van der Waals surface area contributed by atoms with E-state index >= 15 is 0 Å². The summed E-state index contributed by atoms with van der Waals surface area (Å²) in [6.07, 6.45) is 2.61. The lowest BCUT2D eigenvalue weighted by atomic mass is 10.2. The van der Waals surface area contributed by atoms with Crippen LogP contribution in [-0.2, 0) is 11.3 Å². The third-order valence-electron chi connectivity index (χ3n) is 4.60. The van der Waals surface area contributed by atoms with E-state index in [4.69, 9.17) is 13.9 Å². The Morgan fingerprint density at radius 3 is 2.61 bits per heavy atom. The van der Waals surface area contributed by atoms with E-state index in [1.807, 2.05) is 25.1 Å². The Balaban J connectivity index is 1.72. The molecule has 0 saturated carbocycles. The molecule has 1 amide bonds. The van der Waals surface area contributed by atoms with Crippen LogP contribution in [0.4, 0.5) is 11.6 Å². The second kappa shape index (κ2) is 9.16. The predicted molar refractivity (Wildman–Crippen MR) is 113 cm³/mol. The maximum atomic E-state index is 12.3. The quantitative estimate of drug-likeness (QED) is 0.331. The van der Waals surface area contributed by atoms with Crippen molar-refractivity contribution in [1.29, 1.82) is 0 Å². The monoisotopic (exact) mass is 426 g/mol. The number of anilines is 1. The van der Waals surface area contributed by atoms with Crippen molar-refractivity contribution in [3.63, 3.8) is 0 Å². The third-order valence-corrected chi connectivity index (χ3v) is 4.60. The lowest BCUT2D eigenvalue weighted by molar-refractivity contribution is -0.402. The number of hydrogen-bond donors (Lipinski definition) is 1. The number of carbonyl (C=O) groups excluding carboxylic acids is 1. The van der Waals surface area contributed by atoms with Crippen molar-refractivity contribution in [3.05, 3.63) is 69.2 Å². The zero-order valence-corrected chi connectivity index (χ0v) is 17.5. The van der Waals surface area contributed by atoms with Crippen molar-refractivity contribution >= 4 is 23.6 Å². The zero-order valence-electron chi connectivity index (χ0n) is 17.5. The fourth-order valence-electron chi connectivity index (χ4n) is 3.04. The van der Waals surface area contributed by atoms with Crippen LogP contribution < -0.4 is 14.8 Å². The highest BCUT2D eigenvalue weighted by Gasteiger charge is 2.15. The van der Waals surface area contributed by atoms with E-state index < -0.39 is 10.8 Å². The summed E-state index contributed by atoms with van der Waals surface area (Å²) in [5, 5.41) is 18.0. The minimum absolute atomic E-state index is 0.208. The minimum atomic E-state index is -0.642. The minimum Gasteiger partial charge on any atom is -0.493 e. The molecule has 0 spiro atoms. The molecule has 0 saturated heterocycles. The van der Waals surface area contributed by atoms with Gasteiger partial charge in [0.2, 0.25) is 5.91 Å². The Hall–Kier alpha value is -4.08. The Morgan fingerprint density at radius 2 is 1.97 bits per heavy atom. The number of amides is 1. The number of ether oxygens (including phenoxy) is 2. The molecule has 1 N–H and O–H groups in total. The number of aromatic nitrogens is 2. The van der Waals surface area contributed by atoms with Gasteiger partial charge in [0.1, 0.15) is 10.7 Å². The van der Waals surface area contributed by atoms with Gasteiger partial charge in [-0.3, -0.25) is 19.6 Å². The fraction of sp³-hybridized carbons (Fsp3) is 0.238. The van der Waals surface area contributed by atoms with Crippen molar-refractivity contribution in [2.24, 2.45) is 0 Å². The molecular formula is C21H22N4O6. The molecule has 10 nitrogen and oxygen atoms in total. The van der Waals surface area contributed by atoms with E-state index in [1.165, 1.54) is 24.3 Å². The van der Waals surface area contributed by atoms with E-state index in [1.54, 1.807) is 25.8 Å². The van der Waals surface area contributed by atoms with Crippen LogP contribution in [0.3, 0.4) is 0 Å². The molecule has 1 aromatic carbocycles. The summed E-state index contributed by atoms with van der Waals surface area (Å²) < 4.78 is 17.4. The highest BCUT2D eigenvalue weighted by Crippen LogP contribution is 2.28. The smallest absolute Gasteiger partial charge is 0.433 e. The summed E-state index contributed by atoms with van der Waals surface area (Å²) in [6, 6.07) is 8.26. The fourth-order valence-corrected chi connectivity index (χ4v) is 3.04. The molecule has 0 unspecified atom stereocenters. The van der Waals surface area contributed by atoms with Gasteiger partial charge in [-0.25, -0.2) is 0 Å². The maximum absolute atomic E-state index is 12.3. The first-order valence-corrected chi connectivity index (χ1v) is 9.30. The van der Waals surface area contributed by atoms with Gasteiger partial charge in [0, 0.05) is 6.08 Å². The summed E-state index contributed by atoms with van der Waals surface area (Å²) >= 11 is 0. The Morgan fingerprint density at radius 1 is 1.23 bits per heavy atom. The number of furan rings is 1. The molecule has 3 rings (SSSR count). The van der Waals surface area contributed by atoms with Crippen molar-refractivity contribution in [2.75, 3.05) is 19.5 Å². The summed E-state index contributed by atoms with van der Waals surface area (Å²) in [6.45, 7) is 4.14. The number of methoxy groups -OCH3 is 2. The molecule has 0 fully saturated rings. The largest absolute Gasteiger partial charge is 0.493 e. The number of aryl methyl sites for hydroxylation is 1. The second-order valence-corrected chi connectivity index (χ2v) is 6.65. The van der Waals surface area contributed by atoms with E-state index in [2.05, 4.69) is 10.4 Å². The highest BCUT2D eigenvalue weighted by molar-refractivity contribution is 6.02. The van der Waals surface area contributed by atoms with E-state index in [9.17, 15) is 14.9 Å². The number of carbonyl (C=O) groups is 1. The van der Waals surface area contributed by atoms with Crippen molar-refractivity contribution in [2.45, 2.75) is 20.4 Å². The van der Waals surface area contributed by atoms with Crippen LogP contribution in [0, 0.1) is 24.0 Å². The molecule has 162 valence electrons. The van der Waals surface area contributed by atoms with Crippen molar-refractivity contribution in [3.8, 4) is 11.5 Å². The van der Waals surface area contributed by atoms with Crippen molar-refractivity contribution in [1.82, 2.24) is 9.78 Å². The van der Waals surface area contributed by atoms with Gasteiger partial charge < -0.3 is 19.2 Å². The zero-order chi connectivity index (χ0) is 22.5. The standard InChI is InChI=1S/C21H22N4O6/c1-13-21(22-19(26)9-6-16-7-10-20(31-16)25(27)28)14(2)24(23-13)12-15-5-8-17(29-3)18(11-15)30-4/h5-11H,12H2,1-4H3,(H,22,26)/b9-6+. The van der Waals surface area contributed by atoms with Gasteiger partial charge in [0.15, 0.2) is 11.5 Å². The number of nitro groups is 1. The SMILES string of the molecule is COc1ccc(Cn2nc(C)c(NC(=O)/C=C/c3ccc([N+](=O)[O-])o3)c2C)cc1OC. The highest BCUT2D eigenvalue weighted by atomic mass is 16.6. The Kier molecular flexibility index (Phi) is 6.39. The number of nitrogens with one attached hydrogen (secondary N) is 1. The number of benzene rings is 1. The first-order chi connectivity index (χ1) is 14.8. The van der Waals surface area contributed by atoms with Crippen LogP contribution in [0.1, 0.15) is 22.7 Å². The van der Waals surface area contributed by atoms with Gasteiger partial charge >= 0.3 is 5.88 Å². The summed E-state index contributed by atoms with van der Waals surface area (Å²) in [7, 11) is 3.15. The maximum Gasteiger partial charge on any atom is 0.433 e. The molecule has 0 aliphatic carbocycles. The lowest BCUT2D eigenvalue weighted by Crippen LogP contribution is -2.10. The molecule has 0 atom stereocenters. The van der Waals surface area contributed by atoms with Gasteiger partial charge in [-0.1, -0.05) is 6.07 Å². The van der Waals surface area contributed by atoms with Crippen molar-refractivity contribution < 1.29 is 23.6 Å². The summed E-state index contributed by atoms with van der Waals surface area (Å²) in [5.74, 6) is 0.679. The van der Waals surface area contributed by atoms with Crippen LogP contribution in [0.5, 0.6) is 11.5 Å². The molecule has 10 heteroatoms. The average molecular weight is 426 g/mol. The topological polar surface area (TPSA) is 122 Å². The van der Waals surface area contributed by atoms with Crippen LogP contribution in [0.2, 0.25) is 0 Å². The van der Waals surface area contributed by atoms with E-state index in [0.717, 1.165) is 11.3 Å². The van der Waals surface area contributed by atoms with Gasteiger partial charge in [-0.2, -0.15) is 5.10 Å².